The van der Waals surface area contributed by atoms with Gasteiger partial charge >= 0.3 is 10.1 Å². The summed E-state index contributed by atoms with van der Waals surface area (Å²) in [5.41, 5.74) is 1.91. The number of pyridine rings is 2. The second-order valence-electron chi connectivity index (χ2n) is 13.0. The van der Waals surface area contributed by atoms with Crippen molar-refractivity contribution in [2.24, 2.45) is 0 Å². The second-order valence-corrected chi connectivity index (χ2v) is 16.2. The van der Waals surface area contributed by atoms with E-state index in [2.05, 4.69) is 31.7 Å². The highest BCUT2D eigenvalue weighted by atomic mass is 32.2. The van der Waals surface area contributed by atoms with Crippen LogP contribution in [0.15, 0.2) is 138 Å². The van der Waals surface area contributed by atoms with Crippen molar-refractivity contribution in [3.8, 4) is 5.75 Å². The largest absolute Gasteiger partial charge is 0.379 e. The number of carbonyl (C=O) groups is 1. The van der Waals surface area contributed by atoms with Gasteiger partial charge in [-0.3, -0.25) is 19.7 Å². The number of aromatic nitrogens is 2. The molecule has 1 N–H and O–H groups in total. The summed E-state index contributed by atoms with van der Waals surface area (Å²) in [6.07, 6.45) is 8.24. The maximum absolute atomic E-state index is 14.2. The molecule has 272 valence electrons. The summed E-state index contributed by atoms with van der Waals surface area (Å²) >= 11 is 0. The van der Waals surface area contributed by atoms with Crippen molar-refractivity contribution < 1.29 is 25.8 Å². The number of sulfonamides is 1. The zero-order chi connectivity index (χ0) is 36.8. The molecule has 1 fully saturated rings. The van der Waals surface area contributed by atoms with Crippen molar-refractivity contribution in [2.75, 3.05) is 32.7 Å². The molecule has 4 aromatic carbocycles. The van der Waals surface area contributed by atoms with E-state index in [0.29, 0.717) is 53.3 Å². The predicted molar refractivity (Wildman–Crippen MR) is 203 cm³/mol. The summed E-state index contributed by atoms with van der Waals surface area (Å²) < 4.78 is 62.7. The van der Waals surface area contributed by atoms with Crippen molar-refractivity contribution >= 4 is 47.6 Å². The molecule has 3 heterocycles. The first-order chi connectivity index (χ1) is 25.7. The van der Waals surface area contributed by atoms with E-state index < -0.39 is 26.2 Å². The van der Waals surface area contributed by atoms with E-state index in [9.17, 15) is 21.6 Å². The Morgan fingerprint density at radius 2 is 1.32 bits per heavy atom. The number of nitrogens with zero attached hydrogens (tertiary/aromatic N) is 4. The monoisotopic (exact) mass is 749 g/mol. The van der Waals surface area contributed by atoms with E-state index in [1.807, 2.05) is 18.2 Å². The summed E-state index contributed by atoms with van der Waals surface area (Å²) in [4.78, 5) is 26.5. The van der Waals surface area contributed by atoms with Gasteiger partial charge in [-0.2, -0.15) is 13.1 Å². The first kappa shape index (κ1) is 36.2. The van der Waals surface area contributed by atoms with Gasteiger partial charge in [0.05, 0.1) is 4.90 Å². The van der Waals surface area contributed by atoms with Crippen LogP contribution in [0.5, 0.6) is 5.75 Å². The minimum absolute atomic E-state index is 0.0158. The third kappa shape index (κ3) is 8.55. The predicted octanol–water partition coefficient (Wildman–Crippen LogP) is 5.22. The van der Waals surface area contributed by atoms with Gasteiger partial charge in [0, 0.05) is 72.5 Å². The number of carbonyl (C=O) groups excluding carboxylic acids is 1. The number of hydrogen-bond acceptors (Lipinski definition) is 9. The van der Waals surface area contributed by atoms with Crippen LogP contribution in [0.2, 0.25) is 0 Å². The highest BCUT2D eigenvalue weighted by Gasteiger charge is 2.32. The molecule has 1 aliphatic heterocycles. The summed E-state index contributed by atoms with van der Waals surface area (Å²) in [5, 5.41) is 2.31. The number of piperazine rings is 1. The molecule has 0 bridgehead atoms. The molecule has 11 nitrogen and oxygen atoms in total. The molecule has 1 aliphatic rings. The molecule has 1 amide bonds. The fourth-order valence-electron chi connectivity index (χ4n) is 6.72. The van der Waals surface area contributed by atoms with Crippen molar-refractivity contribution in [3.63, 3.8) is 0 Å². The maximum Gasteiger partial charge on any atom is 0.339 e. The van der Waals surface area contributed by atoms with E-state index in [1.54, 1.807) is 65.8 Å². The molecule has 1 saturated heterocycles. The van der Waals surface area contributed by atoms with Gasteiger partial charge in [-0.15, -0.1) is 0 Å². The number of nitrogens with one attached hydrogen (secondary N) is 1. The number of benzene rings is 4. The van der Waals surface area contributed by atoms with Crippen molar-refractivity contribution in [1.29, 1.82) is 0 Å². The van der Waals surface area contributed by atoms with Crippen LogP contribution in [-0.2, 0) is 37.8 Å². The first-order valence-electron chi connectivity index (χ1n) is 17.4. The molecule has 2 aromatic heterocycles. The van der Waals surface area contributed by atoms with E-state index in [-0.39, 0.29) is 27.9 Å². The Labute approximate surface area is 309 Å². The molecular formula is C40H39N5O6S2. The van der Waals surface area contributed by atoms with Crippen molar-refractivity contribution in [1.82, 2.24) is 24.5 Å². The number of rotatable bonds is 13. The fraction of sp³-hybridized carbons (Fsp3) is 0.225. The molecule has 1 atom stereocenters. The minimum Gasteiger partial charge on any atom is -0.379 e. The number of aryl methyl sites for hydroxylation is 1. The maximum atomic E-state index is 14.2. The molecule has 0 aliphatic carbocycles. The fourth-order valence-corrected chi connectivity index (χ4v) is 9.29. The standard InChI is InChI=1S/C40H39N5O6S2/c46-40(45-25-23-44(24-26-45)22-6-9-30-7-2-1-3-8-30)37(43-52(47,48)38-12-4-10-32-28-41-20-18-35(32)38)27-31-14-16-34(17-15-31)51-53(49,50)39-13-5-11-33-29-42-21-19-36(33)39/h1-5,7-8,10-21,28-29,37,43H,6,9,22-27H2. The molecule has 0 saturated carbocycles. The van der Waals surface area contributed by atoms with E-state index in [1.165, 1.54) is 42.2 Å². The van der Waals surface area contributed by atoms with E-state index >= 15 is 0 Å². The smallest absolute Gasteiger partial charge is 0.339 e. The van der Waals surface area contributed by atoms with Crippen LogP contribution in [-0.4, -0.2) is 81.3 Å². The molecule has 0 radical (unpaired) electrons. The van der Waals surface area contributed by atoms with Crippen molar-refractivity contribution in [3.05, 3.63) is 139 Å². The van der Waals surface area contributed by atoms with Gasteiger partial charge in [0.25, 0.3) is 0 Å². The number of hydrogen-bond donors (Lipinski definition) is 1. The topological polar surface area (TPSA) is 139 Å². The Morgan fingerprint density at radius 3 is 1.98 bits per heavy atom. The van der Waals surface area contributed by atoms with Crippen LogP contribution in [0.1, 0.15) is 17.5 Å². The summed E-state index contributed by atoms with van der Waals surface area (Å²) in [7, 11) is -8.35. The Bertz CT molecular complexity index is 2430. The lowest BCUT2D eigenvalue weighted by Gasteiger charge is -2.36. The molecule has 0 spiro atoms. The highest BCUT2D eigenvalue weighted by Crippen LogP contribution is 2.27. The van der Waals surface area contributed by atoms with Gasteiger partial charge in [0.2, 0.25) is 15.9 Å². The van der Waals surface area contributed by atoms with Gasteiger partial charge in [0.1, 0.15) is 16.7 Å². The first-order valence-corrected chi connectivity index (χ1v) is 20.3. The average molecular weight is 750 g/mol. The summed E-state index contributed by atoms with van der Waals surface area (Å²) in [5.74, 6) is -0.246. The van der Waals surface area contributed by atoms with Gasteiger partial charge in [-0.1, -0.05) is 66.7 Å². The Balaban J connectivity index is 1.07. The average Bonchev–Trinajstić information content (AvgIpc) is 3.18. The quantitative estimate of drug-likeness (QED) is 0.158. The van der Waals surface area contributed by atoms with E-state index in [4.69, 9.17) is 4.18 Å². The van der Waals surface area contributed by atoms with Gasteiger partial charge < -0.3 is 9.08 Å². The summed E-state index contributed by atoms with van der Waals surface area (Å²) in [6.45, 7) is 3.22. The molecule has 1 unspecified atom stereocenters. The van der Waals surface area contributed by atoms with Crippen LogP contribution in [0, 0.1) is 0 Å². The Hall–Kier alpha value is -5.21. The zero-order valence-corrected chi connectivity index (χ0v) is 30.5. The molecule has 6 aromatic rings. The lowest BCUT2D eigenvalue weighted by molar-refractivity contribution is -0.134. The van der Waals surface area contributed by atoms with Crippen LogP contribution in [0.25, 0.3) is 21.5 Å². The Kier molecular flexibility index (Phi) is 10.8. The van der Waals surface area contributed by atoms with Gasteiger partial charge in [0.15, 0.2) is 0 Å². The normalized spacial score (nSPS) is 14.7. The van der Waals surface area contributed by atoms with E-state index in [0.717, 1.165) is 19.4 Å². The minimum atomic E-state index is -4.19. The Morgan fingerprint density at radius 1 is 0.698 bits per heavy atom. The molecule has 7 rings (SSSR count). The lowest BCUT2D eigenvalue weighted by Crippen LogP contribution is -2.55. The summed E-state index contributed by atoms with van der Waals surface area (Å²) in [6, 6.07) is 28.6. The van der Waals surface area contributed by atoms with Crippen molar-refractivity contribution in [2.45, 2.75) is 35.1 Å². The van der Waals surface area contributed by atoms with Crippen LogP contribution in [0.4, 0.5) is 0 Å². The third-order valence-electron chi connectivity index (χ3n) is 9.47. The lowest BCUT2D eigenvalue weighted by atomic mass is 10.0. The molecule has 53 heavy (non-hydrogen) atoms. The zero-order valence-electron chi connectivity index (χ0n) is 28.9. The molecular weight excluding hydrogens is 711 g/mol. The van der Waals surface area contributed by atoms with Gasteiger partial charge in [-0.05, 0) is 73.3 Å². The van der Waals surface area contributed by atoms with Crippen LogP contribution in [0.3, 0.4) is 0 Å². The van der Waals surface area contributed by atoms with Gasteiger partial charge in [-0.25, -0.2) is 8.42 Å². The number of fused-ring (bicyclic) bond motifs is 2. The second kappa shape index (κ2) is 15.8. The number of amides is 1. The van der Waals surface area contributed by atoms with Crippen LogP contribution >= 0.6 is 0 Å². The highest BCUT2D eigenvalue weighted by molar-refractivity contribution is 7.89. The molecule has 13 heteroatoms. The van der Waals surface area contributed by atoms with Crippen LogP contribution < -0.4 is 8.91 Å². The SMILES string of the molecule is O=C(C(Cc1ccc(OS(=O)(=O)c2cccc3cnccc23)cc1)NS(=O)(=O)c1cccc2cnccc12)N1CCN(CCCc2ccccc2)CC1. The third-order valence-corrected chi connectivity index (χ3v) is 12.3.